The number of aliphatic hydroxyl groups excluding tert-OH is 1. The van der Waals surface area contributed by atoms with Crippen LogP contribution in [0.15, 0.2) is 48.5 Å². The van der Waals surface area contributed by atoms with Crippen molar-refractivity contribution < 1.29 is 14.6 Å². The first-order valence-electron chi connectivity index (χ1n) is 8.72. The summed E-state index contributed by atoms with van der Waals surface area (Å²) in [6.07, 6.45) is 6.71. The molecular weight excluding hydrogens is 300 g/mol. The van der Waals surface area contributed by atoms with Gasteiger partial charge in [0.05, 0.1) is 0 Å². The lowest BCUT2D eigenvalue weighted by atomic mass is 9.84. The van der Waals surface area contributed by atoms with E-state index in [9.17, 15) is 9.90 Å². The number of benzene rings is 2. The highest BCUT2D eigenvalue weighted by Gasteiger charge is 2.16. The molecule has 3 nitrogen and oxygen atoms in total. The predicted molar refractivity (Wildman–Crippen MR) is 94.6 cm³/mol. The summed E-state index contributed by atoms with van der Waals surface area (Å²) >= 11 is 0. The third-order valence-electron chi connectivity index (χ3n) is 4.82. The third kappa shape index (κ3) is 4.24. The molecule has 0 radical (unpaired) electrons. The van der Waals surface area contributed by atoms with Gasteiger partial charge < -0.3 is 9.84 Å². The van der Waals surface area contributed by atoms with E-state index in [1.807, 2.05) is 12.1 Å². The summed E-state index contributed by atoms with van der Waals surface area (Å²) in [5.41, 5.74) is 2.87. The Morgan fingerprint density at radius 1 is 1.00 bits per heavy atom. The van der Waals surface area contributed by atoms with Gasteiger partial charge in [-0.1, -0.05) is 43.5 Å². The summed E-state index contributed by atoms with van der Waals surface area (Å²) in [4.78, 5) is 10.6. The SMILES string of the molecule is O=Cc1ccc(OCC(O)c2ccc(C3CCCCC3)cc2)cc1. The first-order chi connectivity index (χ1) is 11.8. The molecule has 2 aromatic carbocycles. The highest BCUT2D eigenvalue weighted by atomic mass is 16.5. The number of aldehydes is 1. The summed E-state index contributed by atoms with van der Waals surface area (Å²) < 4.78 is 5.60. The van der Waals surface area contributed by atoms with Crippen LogP contribution in [0.1, 0.15) is 65.6 Å². The molecule has 0 bridgehead atoms. The second kappa shape index (κ2) is 8.11. The van der Waals surface area contributed by atoms with E-state index >= 15 is 0 Å². The third-order valence-corrected chi connectivity index (χ3v) is 4.82. The maximum absolute atomic E-state index is 10.6. The summed E-state index contributed by atoms with van der Waals surface area (Å²) in [6.45, 7) is 0.198. The van der Waals surface area contributed by atoms with Gasteiger partial charge in [-0.3, -0.25) is 4.79 Å². The van der Waals surface area contributed by atoms with Crippen LogP contribution in [0, 0.1) is 0 Å². The van der Waals surface area contributed by atoms with Gasteiger partial charge in [-0.25, -0.2) is 0 Å². The van der Waals surface area contributed by atoms with Gasteiger partial charge in [-0.05, 0) is 54.2 Å². The molecule has 24 heavy (non-hydrogen) atoms. The van der Waals surface area contributed by atoms with Gasteiger partial charge in [0, 0.05) is 5.56 Å². The summed E-state index contributed by atoms with van der Waals surface area (Å²) in [7, 11) is 0. The van der Waals surface area contributed by atoms with E-state index in [0.29, 0.717) is 17.2 Å². The van der Waals surface area contributed by atoms with Crippen LogP contribution >= 0.6 is 0 Å². The van der Waals surface area contributed by atoms with Gasteiger partial charge in [0.2, 0.25) is 0 Å². The number of carbonyl (C=O) groups is 1. The van der Waals surface area contributed by atoms with Gasteiger partial charge >= 0.3 is 0 Å². The van der Waals surface area contributed by atoms with E-state index in [-0.39, 0.29) is 6.61 Å². The van der Waals surface area contributed by atoms with Crippen LogP contribution in [0.25, 0.3) is 0 Å². The number of carbonyl (C=O) groups excluding carboxylic acids is 1. The number of rotatable bonds is 6. The van der Waals surface area contributed by atoms with Gasteiger partial charge in [0.15, 0.2) is 0 Å². The van der Waals surface area contributed by atoms with Crippen molar-refractivity contribution in [1.29, 1.82) is 0 Å². The zero-order valence-electron chi connectivity index (χ0n) is 13.9. The normalized spacial score (nSPS) is 16.5. The second-order valence-electron chi connectivity index (χ2n) is 6.52. The van der Waals surface area contributed by atoms with Crippen molar-refractivity contribution in [3.63, 3.8) is 0 Å². The van der Waals surface area contributed by atoms with Crippen molar-refractivity contribution in [3.05, 3.63) is 65.2 Å². The van der Waals surface area contributed by atoms with Crippen LogP contribution in [-0.2, 0) is 0 Å². The van der Waals surface area contributed by atoms with Crippen molar-refractivity contribution in [3.8, 4) is 5.75 Å². The molecule has 0 heterocycles. The van der Waals surface area contributed by atoms with E-state index in [1.54, 1.807) is 24.3 Å². The first-order valence-corrected chi connectivity index (χ1v) is 8.72. The lowest BCUT2D eigenvalue weighted by Crippen LogP contribution is -2.10. The second-order valence-corrected chi connectivity index (χ2v) is 6.52. The number of ether oxygens (including phenoxy) is 1. The molecule has 1 aliphatic carbocycles. The Morgan fingerprint density at radius 2 is 1.67 bits per heavy atom. The van der Waals surface area contributed by atoms with Crippen molar-refractivity contribution in [2.45, 2.75) is 44.1 Å². The summed E-state index contributed by atoms with van der Waals surface area (Å²) in [5.74, 6) is 1.33. The Bertz CT molecular complexity index is 640. The van der Waals surface area contributed by atoms with E-state index in [2.05, 4.69) is 12.1 Å². The smallest absolute Gasteiger partial charge is 0.150 e. The molecule has 1 aliphatic rings. The molecule has 1 saturated carbocycles. The van der Waals surface area contributed by atoms with E-state index in [4.69, 9.17) is 4.74 Å². The Morgan fingerprint density at radius 3 is 2.29 bits per heavy atom. The molecule has 0 amide bonds. The molecule has 3 rings (SSSR count). The van der Waals surface area contributed by atoms with Crippen LogP contribution < -0.4 is 4.74 Å². The largest absolute Gasteiger partial charge is 0.491 e. The van der Waals surface area contributed by atoms with Crippen LogP contribution in [0.3, 0.4) is 0 Å². The Hall–Kier alpha value is -2.13. The minimum atomic E-state index is -0.656. The van der Waals surface area contributed by atoms with E-state index in [0.717, 1.165) is 11.8 Å². The Labute approximate surface area is 143 Å². The van der Waals surface area contributed by atoms with Crippen molar-refractivity contribution in [2.75, 3.05) is 6.61 Å². The van der Waals surface area contributed by atoms with Crippen LogP contribution in [-0.4, -0.2) is 18.0 Å². The van der Waals surface area contributed by atoms with E-state index < -0.39 is 6.10 Å². The van der Waals surface area contributed by atoms with E-state index in [1.165, 1.54) is 37.7 Å². The fourth-order valence-electron chi connectivity index (χ4n) is 3.34. The average Bonchev–Trinajstić information content (AvgIpc) is 2.67. The Kier molecular flexibility index (Phi) is 5.65. The Balaban J connectivity index is 1.55. The number of hydrogen-bond acceptors (Lipinski definition) is 3. The van der Waals surface area contributed by atoms with Crippen LogP contribution in [0.5, 0.6) is 5.75 Å². The van der Waals surface area contributed by atoms with Gasteiger partial charge in [-0.15, -0.1) is 0 Å². The molecule has 1 unspecified atom stereocenters. The topological polar surface area (TPSA) is 46.5 Å². The monoisotopic (exact) mass is 324 g/mol. The molecule has 0 spiro atoms. The molecular formula is C21H24O3. The maximum Gasteiger partial charge on any atom is 0.150 e. The zero-order valence-corrected chi connectivity index (χ0v) is 13.9. The minimum absolute atomic E-state index is 0.198. The number of hydrogen-bond donors (Lipinski definition) is 1. The highest BCUT2D eigenvalue weighted by Crippen LogP contribution is 2.33. The first kappa shape index (κ1) is 16.7. The molecule has 1 fully saturated rings. The van der Waals surface area contributed by atoms with Crippen molar-refractivity contribution >= 4 is 6.29 Å². The molecule has 0 aliphatic heterocycles. The molecule has 2 aromatic rings. The van der Waals surface area contributed by atoms with Gasteiger partial charge in [-0.2, -0.15) is 0 Å². The number of aliphatic hydroxyl groups is 1. The molecule has 3 heteroatoms. The average molecular weight is 324 g/mol. The lowest BCUT2D eigenvalue weighted by molar-refractivity contribution is 0.108. The summed E-state index contributed by atoms with van der Waals surface area (Å²) in [5, 5.41) is 10.3. The summed E-state index contributed by atoms with van der Waals surface area (Å²) in [6, 6.07) is 15.2. The zero-order chi connectivity index (χ0) is 16.8. The van der Waals surface area contributed by atoms with Gasteiger partial charge in [0.1, 0.15) is 24.7 Å². The fraction of sp³-hybridized carbons (Fsp3) is 0.381. The van der Waals surface area contributed by atoms with Crippen molar-refractivity contribution in [1.82, 2.24) is 0 Å². The maximum atomic E-state index is 10.6. The quantitative estimate of drug-likeness (QED) is 0.786. The minimum Gasteiger partial charge on any atom is -0.491 e. The molecule has 0 aromatic heterocycles. The molecule has 0 saturated heterocycles. The lowest BCUT2D eigenvalue weighted by Gasteiger charge is -2.22. The van der Waals surface area contributed by atoms with Crippen LogP contribution in [0.4, 0.5) is 0 Å². The standard InChI is InChI=1S/C21H24O3/c22-14-16-6-12-20(13-7-16)24-15-21(23)19-10-8-18(9-11-19)17-4-2-1-3-5-17/h6-14,17,21,23H,1-5,15H2. The fourth-order valence-corrected chi connectivity index (χ4v) is 3.34. The molecule has 126 valence electrons. The molecule has 1 N–H and O–H groups in total. The highest BCUT2D eigenvalue weighted by molar-refractivity contribution is 5.74. The molecule has 1 atom stereocenters. The van der Waals surface area contributed by atoms with Crippen molar-refractivity contribution in [2.24, 2.45) is 0 Å². The van der Waals surface area contributed by atoms with Gasteiger partial charge in [0.25, 0.3) is 0 Å². The predicted octanol–water partition coefficient (Wildman–Crippen LogP) is 4.66. The van der Waals surface area contributed by atoms with Crippen LogP contribution in [0.2, 0.25) is 0 Å².